The van der Waals surface area contributed by atoms with Gasteiger partial charge in [0.2, 0.25) is 0 Å². The van der Waals surface area contributed by atoms with Gasteiger partial charge >= 0.3 is 0 Å². The number of aromatic nitrogens is 3. The lowest BCUT2D eigenvalue weighted by atomic mass is 9.97. The zero-order valence-corrected chi connectivity index (χ0v) is 19.4. The molecule has 2 aliphatic heterocycles. The van der Waals surface area contributed by atoms with Crippen molar-refractivity contribution in [2.75, 3.05) is 0 Å². The lowest BCUT2D eigenvalue weighted by Crippen LogP contribution is -2.12. The van der Waals surface area contributed by atoms with Gasteiger partial charge in [-0.3, -0.25) is 4.79 Å². The molecular weight excluding hydrogens is 408 g/mol. The maximum absolute atomic E-state index is 13.3. The number of aryl methyl sites for hydroxylation is 1. The summed E-state index contributed by atoms with van der Waals surface area (Å²) in [6.45, 7) is 12.4. The van der Waals surface area contributed by atoms with Crippen LogP contribution in [0.15, 0.2) is 30.1 Å². The van der Waals surface area contributed by atoms with E-state index in [1.165, 1.54) is 0 Å². The summed E-state index contributed by atoms with van der Waals surface area (Å²) in [6, 6.07) is 4.28. The summed E-state index contributed by atoms with van der Waals surface area (Å²) in [5.74, 6) is 0.396. The minimum Gasteiger partial charge on any atom is -0.362 e. The summed E-state index contributed by atoms with van der Waals surface area (Å²) in [7, 11) is 0. The fourth-order valence-corrected chi connectivity index (χ4v) is 5.54. The van der Waals surface area contributed by atoms with E-state index in [-0.39, 0.29) is 11.7 Å². The molecule has 3 aromatic heterocycles. The third-order valence-corrected chi connectivity index (χ3v) is 7.39. The topological polar surface area (TPSA) is 76.5 Å². The molecule has 3 aromatic rings. The molecule has 0 unspecified atom stereocenters. The molecule has 0 amide bonds. The number of Topliss-reactive ketones (excluding diaryl/α,β-unsaturated/α-hetero) is 1. The van der Waals surface area contributed by atoms with Gasteiger partial charge in [0.05, 0.1) is 5.69 Å². The number of nitrogens with one attached hydrogen (secondary N) is 4. The van der Waals surface area contributed by atoms with Crippen LogP contribution in [0, 0.1) is 25.7 Å². The minimum absolute atomic E-state index is 0.148. The molecule has 5 nitrogen and oxygen atoms in total. The van der Waals surface area contributed by atoms with E-state index in [0.29, 0.717) is 5.92 Å². The Bertz CT molecular complexity index is 1550. The lowest BCUT2D eigenvalue weighted by molar-refractivity contribution is 0.0965. The van der Waals surface area contributed by atoms with Crippen molar-refractivity contribution in [2.45, 2.75) is 34.1 Å². The minimum atomic E-state index is -0.148. The molecular formula is C28H28N4O. The Labute approximate surface area is 192 Å². The summed E-state index contributed by atoms with van der Waals surface area (Å²) in [6.07, 6.45) is 9.21. The number of hydrogen-bond acceptors (Lipinski definition) is 2. The van der Waals surface area contributed by atoms with Crippen molar-refractivity contribution < 1.29 is 4.79 Å². The first-order valence-electron chi connectivity index (χ1n) is 11.6. The van der Waals surface area contributed by atoms with E-state index in [4.69, 9.17) is 0 Å². The largest absolute Gasteiger partial charge is 0.362 e. The number of aromatic amines is 3. The molecule has 2 atom stereocenters. The van der Waals surface area contributed by atoms with Crippen LogP contribution >= 0.6 is 0 Å². The van der Waals surface area contributed by atoms with E-state index in [9.17, 15) is 4.79 Å². The smallest absolute Gasteiger partial charge is 0.172 e. The number of ketones is 1. The molecule has 0 saturated carbocycles. The van der Waals surface area contributed by atoms with Gasteiger partial charge in [0.15, 0.2) is 5.78 Å². The second-order valence-corrected chi connectivity index (χ2v) is 9.63. The second-order valence-electron chi connectivity index (χ2n) is 9.63. The molecule has 0 radical (unpaired) electrons. The van der Waals surface area contributed by atoms with Crippen molar-refractivity contribution in [3.8, 4) is 0 Å². The van der Waals surface area contributed by atoms with E-state index in [0.717, 1.165) is 79.1 Å². The highest BCUT2D eigenvalue weighted by atomic mass is 16.1. The standard InChI is InChI=1S/C28H28N4O/c1-6-17-9-19-10-20-14(3)8-24(31-20)25-16(5)28(33)26-15(4)22(32-27(25)26)11-18-7-13(2)21(29-18)12-23(17)30-19/h6-7,9-12,14,16,29-32H,1,8H2,2-5H3/b18-11-,20-10-,21-12-,25-24-/t14-,16+/m0/s1. The highest BCUT2D eigenvalue weighted by molar-refractivity contribution is 6.15. The molecule has 8 bridgehead atoms. The molecule has 1 saturated heterocycles. The Balaban J connectivity index is 1.68. The average molecular weight is 437 g/mol. The number of rotatable bonds is 1. The normalized spacial score (nSPS) is 26.8. The number of carbonyl (C=O) groups is 1. The highest BCUT2D eigenvalue weighted by Gasteiger charge is 2.39. The number of carbonyl (C=O) groups excluding carboxylic acids is 1. The Kier molecular flexibility index (Phi) is 4.15. The van der Waals surface area contributed by atoms with Gasteiger partial charge in [0.25, 0.3) is 0 Å². The molecule has 1 aliphatic carbocycles. The third-order valence-electron chi connectivity index (χ3n) is 7.39. The molecule has 0 spiro atoms. The Morgan fingerprint density at radius 3 is 2.64 bits per heavy atom. The van der Waals surface area contributed by atoms with Crippen LogP contribution < -0.4 is 16.0 Å². The van der Waals surface area contributed by atoms with Crippen LogP contribution in [0.25, 0.3) is 29.9 Å². The Morgan fingerprint density at radius 2 is 1.85 bits per heavy atom. The van der Waals surface area contributed by atoms with Crippen molar-refractivity contribution in [1.82, 2.24) is 20.3 Å². The first-order valence-corrected chi connectivity index (χ1v) is 11.6. The van der Waals surface area contributed by atoms with Gasteiger partial charge in [-0.05, 0) is 67.3 Å². The summed E-state index contributed by atoms with van der Waals surface area (Å²) in [5, 5.41) is 5.72. The molecule has 3 aliphatic rings. The van der Waals surface area contributed by atoms with Gasteiger partial charge in [0, 0.05) is 62.1 Å². The van der Waals surface area contributed by atoms with Crippen molar-refractivity contribution >= 4 is 35.7 Å². The monoisotopic (exact) mass is 436 g/mol. The average Bonchev–Trinajstić information content (AvgIpc) is 3.54. The van der Waals surface area contributed by atoms with E-state index in [1.807, 2.05) is 19.9 Å². The molecule has 0 aromatic carbocycles. The fourth-order valence-electron chi connectivity index (χ4n) is 5.54. The fraction of sp³-hybridized carbons (Fsp3) is 0.250. The van der Waals surface area contributed by atoms with Gasteiger partial charge < -0.3 is 20.3 Å². The Hall–Kier alpha value is -3.73. The second kappa shape index (κ2) is 6.88. The van der Waals surface area contributed by atoms with E-state index in [2.05, 4.69) is 71.1 Å². The molecule has 1 fully saturated rings. The van der Waals surface area contributed by atoms with Gasteiger partial charge in [-0.15, -0.1) is 0 Å². The van der Waals surface area contributed by atoms with E-state index >= 15 is 0 Å². The molecule has 5 heteroatoms. The summed E-state index contributed by atoms with van der Waals surface area (Å²) in [5.41, 5.74) is 11.5. The quantitative estimate of drug-likeness (QED) is 0.463. The van der Waals surface area contributed by atoms with Crippen LogP contribution in [0.1, 0.15) is 70.1 Å². The van der Waals surface area contributed by atoms with Crippen molar-refractivity contribution in [3.63, 3.8) is 0 Å². The summed E-state index contributed by atoms with van der Waals surface area (Å²) in [4.78, 5) is 24.0. The molecule has 5 heterocycles. The molecule has 33 heavy (non-hydrogen) atoms. The van der Waals surface area contributed by atoms with E-state index < -0.39 is 0 Å². The Morgan fingerprint density at radius 1 is 1.03 bits per heavy atom. The zero-order valence-electron chi connectivity index (χ0n) is 19.4. The van der Waals surface area contributed by atoms with Gasteiger partial charge in [-0.1, -0.05) is 26.5 Å². The van der Waals surface area contributed by atoms with Crippen LogP contribution in [0.4, 0.5) is 0 Å². The summed E-state index contributed by atoms with van der Waals surface area (Å²) < 4.78 is 0. The van der Waals surface area contributed by atoms with Crippen LogP contribution in [0.5, 0.6) is 0 Å². The number of hydrogen-bond donors (Lipinski definition) is 4. The highest BCUT2D eigenvalue weighted by Crippen LogP contribution is 2.44. The lowest BCUT2D eigenvalue weighted by Gasteiger charge is -2.10. The van der Waals surface area contributed by atoms with Gasteiger partial charge in [-0.25, -0.2) is 0 Å². The SMILES string of the molecule is C=Cc1cc2[nH]c1/C=c1\[nH]/c(cc1C)=C\c1[nH]c3c(c1C)C(=O)[C@H](C)/C3=C1\C[C@H](C)/C(=C/2)N1. The predicted octanol–water partition coefficient (Wildman–Crippen LogP) is 4.12. The number of fused-ring (bicyclic) bond motifs is 7. The van der Waals surface area contributed by atoms with Gasteiger partial charge in [0.1, 0.15) is 0 Å². The van der Waals surface area contributed by atoms with Crippen LogP contribution in [-0.2, 0) is 0 Å². The van der Waals surface area contributed by atoms with Crippen LogP contribution in [0.2, 0.25) is 0 Å². The zero-order chi connectivity index (χ0) is 23.0. The first-order chi connectivity index (χ1) is 15.8. The molecule has 4 N–H and O–H groups in total. The number of allylic oxidation sites excluding steroid dienone is 3. The van der Waals surface area contributed by atoms with E-state index in [1.54, 1.807) is 0 Å². The maximum Gasteiger partial charge on any atom is 0.172 e. The third kappa shape index (κ3) is 2.88. The van der Waals surface area contributed by atoms with Crippen LogP contribution in [0.3, 0.4) is 0 Å². The van der Waals surface area contributed by atoms with Crippen molar-refractivity contribution in [2.24, 2.45) is 11.8 Å². The number of H-pyrrole nitrogens is 3. The summed E-state index contributed by atoms with van der Waals surface area (Å²) >= 11 is 0. The van der Waals surface area contributed by atoms with Crippen molar-refractivity contribution in [1.29, 1.82) is 0 Å². The van der Waals surface area contributed by atoms with Gasteiger partial charge in [-0.2, -0.15) is 0 Å². The molecule has 166 valence electrons. The molecule has 6 rings (SSSR count). The maximum atomic E-state index is 13.3. The van der Waals surface area contributed by atoms with Crippen molar-refractivity contribution in [3.05, 3.63) is 85.8 Å². The van der Waals surface area contributed by atoms with Crippen LogP contribution in [-0.4, -0.2) is 20.7 Å². The first kappa shape index (κ1) is 19.9. The predicted molar refractivity (Wildman–Crippen MR) is 134 cm³/mol.